The molecule has 144 valence electrons. The monoisotopic (exact) mass is 381 g/mol. The molecule has 1 saturated carbocycles. The number of aryl methyl sites for hydroxylation is 1. The number of halogens is 1. The van der Waals surface area contributed by atoms with Crippen LogP contribution in [0.15, 0.2) is 6.08 Å². The standard InChI is InChI=1S/C19H28ClN3O3/c1-13(2)11-23-18(20)16(14(3)22-23)6-7-17(24)21-10-15-12-25-19(26-15)8-4-5-9-19/h6-7,13,15H,4-5,8-12H2,1-3H3,(H,21,24). The molecule has 2 aliphatic rings. The third-order valence-electron chi connectivity index (χ3n) is 4.83. The molecule has 6 nitrogen and oxygen atoms in total. The van der Waals surface area contributed by atoms with Crippen molar-refractivity contribution in [2.45, 2.75) is 64.9 Å². The van der Waals surface area contributed by atoms with Crippen LogP contribution in [0.25, 0.3) is 6.08 Å². The van der Waals surface area contributed by atoms with Crippen molar-refractivity contribution in [2.75, 3.05) is 13.2 Å². The Bertz CT molecular complexity index is 678. The minimum absolute atomic E-state index is 0.0791. The van der Waals surface area contributed by atoms with Crippen LogP contribution in [-0.2, 0) is 20.8 Å². The van der Waals surface area contributed by atoms with E-state index < -0.39 is 0 Å². The highest BCUT2D eigenvalue weighted by atomic mass is 35.5. The maximum atomic E-state index is 12.1. The minimum Gasteiger partial charge on any atom is -0.350 e. The summed E-state index contributed by atoms with van der Waals surface area (Å²) in [5.41, 5.74) is 1.60. The molecule has 7 heteroatoms. The van der Waals surface area contributed by atoms with Gasteiger partial charge < -0.3 is 14.8 Å². The fourth-order valence-corrected chi connectivity index (χ4v) is 3.86. The molecule has 0 radical (unpaired) electrons. The molecule has 1 amide bonds. The van der Waals surface area contributed by atoms with E-state index >= 15 is 0 Å². The number of aromatic nitrogens is 2. The van der Waals surface area contributed by atoms with Gasteiger partial charge in [0.25, 0.3) is 0 Å². The summed E-state index contributed by atoms with van der Waals surface area (Å²) in [4.78, 5) is 12.1. The summed E-state index contributed by atoms with van der Waals surface area (Å²) in [5, 5.41) is 7.89. The van der Waals surface area contributed by atoms with Gasteiger partial charge >= 0.3 is 0 Å². The van der Waals surface area contributed by atoms with Gasteiger partial charge in [0.05, 0.1) is 12.3 Å². The van der Waals surface area contributed by atoms with E-state index in [-0.39, 0.29) is 17.8 Å². The second-order valence-electron chi connectivity index (χ2n) is 7.61. The number of carbonyl (C=O) groups is 1. The normalized spacial score (nSPS) is 22.1. The molecular formula is C19H28ClN3O3. The van der Waals surface area contributed by atoms with E-state index in [9.17, 15) is 4.79 Å². The lowest BCUT2D eigenvalue weighted by Crippen LogP contribution is -2.34. The molecule has 1 unspecified atom stereocenters. The Kier molecular flexibility index (Phi) is 6.05. The Morgan fingerprint density at radius 1 is 1.46 bits per heavy atom. The van der Waals surface area contributed by atoms with Gasteiger partial charge in [0.2, 0.25) is 5.91 Å². The Hall–Kier alpha value is -1.37. The van der Waals surface area contributed by atoms with E-state index in [0.717, 1.165) is 43.5 Å². The van der Waals surface area contributed by atoms with Crippen LogP contribution in [0.5, 0.6) is 0 Å². The lowest BCUT2D eigenvalue weighted by molar-refractivity contribution is -0.161. The summed E-state index contributed by atoms with van der Waals surface area (Å²) < 4.78 is 13.6. The zero-order valence-electron chi connectivity index (χ0n) is 15.8. The summed E-state index contributed by atoms with van der Waals surface area (Å²) >= 11 is 6.39. The number of amides is 1. The van der Waals surface area contributed by atoms with Crippen LogP contribution in [0.4, 0.5) is 0 Å². The molecule has 3 rings (SSSR count). The second kappa shape index (κ2) is 8.11. The highest BCUT2D eigenvalue weighted by molar-refractivity contribution is 6.31. The van der Waals surface area contributed by atoms with Gasteiger partial charge in [-0.2, -0.15) is 5.10 Å². The molecule has 1 spiro atoms. The second-order valence-corrected chi connectivity index (χ2v) is 7.97. The molecule has 0 bridgehead atoms. The maximum Gasteiger partial charge on any atom is 0.244 e. The van der Waals surface area contributed by atoms with Gasteiger partial charge in [0, 0.05) is 37.6 Å². The van der Waals surface area contributed by atoms with E-state index in [1.165, 1.54) is 6.08 Å². The van der Waals surface area contributed by atoms with Crippen LogP contribution in [0.2, 0.25) is 5.15 Å². The number of hydrogen-bond donors (Lipinski definition) is 1. The molecule has 26 heavy (non-hydrogen) atoms. The number of carbonyl (C=O) groups excluding carboxylic acids is 1. The van der Waals surface area contributed by atoms with Gasteiger partial charge in [-0.15, -0.1) is 0 Å². The van der Waals surface area contributed by atoms with E-state index in [0.29, 0.717) is 24.2 Å². The zero-order chi connectivity index (χ0) is 18.7. The number of hydrogen-bond acceptors (Lipinski definition) is 4. The van der Waals surface area contributed by atoms with E-state index in [2.05, 4.69) is 24.3 Å². The zero-order valence-corrected chi connectivity index (χ0v) is 16.5. The van der Waals surface area contributed by atoms with E-state index in [1.54, 1.807) is 10.8 Å². The molecule has 1 aliphatic carbocycles. The number of nitrogens with one attached hydrogen (secondary N) is 1. The van der Waals surface area contributed by atoms with Crippen LogP contribution in [0.3, 0.4) is 0 Å². The molecule has 1 aromatic heterocycles. The largest absolute Gasteiger partial charge is 0.350 e. The van der Waals surface area contributed by atoms with Gasteiger partial charge in [0.15, 0.2) is 5.79 Å². The smallest absolute Gasteiger partial charge is 0.244 e. The lowest BCUT2D eigenvalue weighted by Gasteiger charge is -2.21. The van der Waals surface area contributed by atoms with Crippen LogP contribution in [0.1, 0.15) is 50.8 Å². The first-order valence-electron chi connectivity index (χ1n) is 9.39. The third-order valence-corrected chi connectivity index (χ3v) is 5.23. The van der Waals surface area contributed by atoms with Crippen LogP contribution in [-0.4, -0.2) is 40.7 Å². The SMILES string of the molecule is Cc1nn(CC(C)C)c(Cl)c1C=CC(=O)NCC1COC2(CCCC2)O1. The van der Waals surface area contributed by atoms with E-state index in [1.807, 2.05) is 6.92 Å². The third kappa shape index (κ3) is 4.48. The van der Waals surface area contributed by atoms with Crippen molar-refractivity contribution in [1.29, 1.82) is 0 Å². The molecule has 1 aliphatic heterocycles. The maximum absolute atomic E-state index is 12.1. The van der Waals surface area contributed by atoms with Crippen molar-refractivity contribution in [3.8, 4) is 0 Å². The Morgan fingerprint density at radius 2 is 2.19 bits per heavy atom. The van der Waals surface area contributed by atoms with Crippen LogP contribution < -0.4 is 5.32 Å². The summed E-state index contributed by atoms with van der Waals surface area (Å²) in [5.74, 6) is -0.113. The Labute approximate surface area is 159 Å². The quantitative estimate of drug-likeness (QED) is 0.768. The van der Waals surface area contributed by atoms with E-state index in [4.69, 9.17) is 21.1 Å². The molecule has 0 aromatic carbocycles. The minimum atomic E-state index is -0.388. The predicted octanol–water partition coefficient (Wildman–Crippen LogP) is 3.32. The summed E-state index contributed by atoms with van der Waals surface area (Å²) in [6, 6.07) is 0. The van der Waals surface area contributed by atoms with Gasteiger partial charge in [-0.1, -0.05) is 25.4 Å². The van der Waals surface area contributed by atoms with Gasteiger partial charge in [-0.05, 0) is 31.8 Å². The summed E-state index contributed by atoms with van der Waals surface area (Å²) in [6.45, 7) is 7.86. The topological polar surface area (TPSA) is 65.4 Å². The highest BCUT2D eigenvalue weighted by Gasteiger charge is 2.43. The van der Waals surface area contributed by atoms with Crippen molar-refractivity contribution in [1.82, 2.24) is 15.1 Å². The fraction of sp³-hybridized carbons (Fsp3) is 0.684. The molecule has 2 fully saturated rings. The van der Waals surface area contributed by atoms with Crippen LogP contribution in [0, 0.1) is 12.8 Å². The number of ether oxygens (including phenoxy) is 2. The Morgan fingerprint density at radius 3 is 2.88 bits per heavy atom. The first-order valence-corrected chi connectivity index (χ1v) is 9.77. The molecule has 1 aromatic rings. The van der Waals surface area contributed by atoms with Crippen molar-refractivity contribution < 1.29 is 14.3 Å². The van der Waals surface area contributed by atoms with Crippen molar-refractivity contribution in [3.05, 3.63) is 22.5 Å². The fourth-order valence-electron chi connectivity index (χ4n) is 3.55. The van der Waals surface area contributed by atoms with Crippen molar-refractivity contribution >= 4 is 23.6 Å². The van der Waals surface area contributed by atoms with Crippen molar-refractivity contribution in [3.63, 3.8) is 0 Å². The first-order chi connectivity index (χ1) is 12.4. The highest BCUT2D eigenvalue weighted by Crippen LogP contribution is 2.38. The lowest BCUT2D eigenvalue weighted by atomic mass is 10.2. The molecule has 1 N–H and O–H groups in total. The predicted molar refractivity (Wildman–Crippen MR) is 101 cm³/mol. The average Bonchev–Trinajstić information content (AvgIpc) is 3.27. The summed E-state index contributed by atoms with van der Waals surface area (Å²) in [6.07, 6.45) is 7.34. The van der Waals surface area contributed by atoms with Gasteiger partial charge in [-0.25, -0.2) is 0 Å². The van der Waals surface area contributed by atoms with Crippen LogP contribution >= 0.6 is 11.6 Å². The van der Waals surface area contributed by atoms with Gasteiger partial charge in [0.1, 0.15) is 11.3 Å². The number of rotatable bonds is 6. The molecule has 2 heterocycles. The first kappa shape index (κ1) is 19.4. The Balaban J connectivity index is 1.51. The average molecular weight is 382 g/mol. The summed E-state index contributed by atoms with van der Waals surface area (Å²) in [7, 11) is 0. The molecular weight excluding hydrogens is 354 g/mol. The molecule has 1 atom stereocenters. The van der Waals surface area contributed by atoms with Crippen molar-refractivity contribution in [2.24, 2.45) is 5.92 Å². The number of nitrogens with zero attached hydrogens (tertiary/aromatic N) is 2. The van der Waals surface area contributed by atoms with Gasteiger partial charge in [-0.3, -0.25) is 9.48 Å². The molecule has 1 saturated heterocycles.